The van der Waals surface area contributed by atoms with Gasteiger partial charge in [0.25, 0.3) is 0 Å². The summed E-state index contributed by atoms with van der Waals surface area (Å²) < 4.78 is 6.05. The molecule has 0 aliphatic rings. The number of benzene rings is 3. The zero-order valence-corrected chi connectivity index (χ0v) is 25.3. The van der Waals surface area contributed by atoms with Gasteiger partial charge in [-0.05, 0) is 48.8 Å². The van der Waals surface area contributed by atoms with Gasteiger partial charge >= 0.3 is 5.97 Å². The number of hydrogen-bond acceptors (Lipinski definition) is 5. The molecular formula is C37H44N2O5. The lowest BCUT2D eigenvalue weighted by Gasteiger charge is -2.24. The number of aliphatic hydroxyl groups excluding tert-OH is 1. The number of esters is 1. The van der Waals surface area contributed by atoms with Crippen LogP contribution in [0.1, 0.15) is 48.5 Å². The summed E-state index contributed by atoms with van der Waals surface area (Å²) in [5, 5.41) is 15.6. The van der Waals surface area contributed by atoms with Crippen molar-refractivity contribution in [1.29, 1.82) is 0 Å². The minimum Gasteiger partial charge on any atom is -0.455 e. The van der Waals surface area contributed by atoms with Gasteiger partial charge in [0.05, 0.1) is 31.0 Å². The minimum atomic E-state index is -0.711. The van der Waals surface area contributed by atoms with E-state index in [0.717, 1.165) is 16.7 Å². The van der Waals surface area contributed by atoms with Crippen molar-refractivity contribution in [3.8, 4) is 0 Å². The van der Waals surface area contributed by atoms with Crippen LogP contribution in [0.2, 0.25) is 0 Å². The van der Waals surface area contributed by atoms with Gasteiger partial charge in [-0.15, -0.1) is 13.2 Å². The normalized spacial score (nSPS) is 13.5. The molecule has 0 aliphatic heterocycles. The molecule has 0 fully saturated rings. The molecule has 0 heterocycles. The number of rotatable bonds is 19. The van der Waals surface area contributed by atoms with Crippen molar-refractivity contribution in [3.63, 3.8) is 0 Å². The van der Waals surface area contributed by atoms with Crippen LogP contribution in [0, 0.1) is 11.8 Å². The zero-order chi connectivity index (χ0) is 31.6. The Morgan fingerprint density at radius 1 is 0.795 bits per heavy atom. The highest BCUT2D eigenvalue weighted by molar-refractivity contribution is 5.86. The smallest absolute Gasteiger partial charge is 0.309 e. The second-order valence-corrected chi connectivity index (χ2v) is 10.9. The first-order chi connectivity index (χ1) is 21.4. The van der Waals surface area contributed by atoms with Gasteiger partial charge in [0, 0.05) is 6.42 Å². The van der Waals surface area contributed by atoms with E-state index in [0.29, 0.717) is 25.7 Å². The Balaban J connectivity index is 1.65. The summed E-state index contributed by atoms with van der Waals surface area (Å²) in [6.45, 7) is 7.39. The van der Waals surface area contributed by atoms with Crippen molar-refractivity contribution in [2.75, 3.05) is 13.2 Å². The molecule has 44 heavy (non-hydrogen) atoms. The molecule has 0 radical (unpaired) electrons. The van der Waals surface area contributed by atoms with Gasteiger partial charge in [-0.25, -0.2) is 0 Å². The number of carbonyl (C=O) groups excluding carboxylic acids is 3. The Labute approximate surface area is 261 Å². The molecule has 7 nitrogen and oxygen atoms in total. The summed E-state index contributed by atoms with van der Waals surface area (Å²) >= 11 is 0. The molecule has 0 bridgehead atoms. The van der Waals surface area contributed by atoms with Crippen LogP contribution in [0.4, 0.5) is 0 Å². The van der Waals surface area contributed by atoms with E-state index in [1.807, 2.05) is 91.0 Å². The predicted molar refractivity (Wildman–Crippen MR) is 173 cm³/mol. The highest BCUT2D eigenvalue weighted by Gasteiger charge is 2.27. The zero-order valence-electron chi connectivity index (χ0n) is 25.3. The highest BCUT2D eigenvalue weighted by atomic mass is 16.5. The van der Waals surface area contributed by atoms with E-state index in [9.17, 15) is 19.5 Å². The van der Waals surface area contributed by atoms with Crippen LogP contribution in [0.15, 0.2) is 116 Å². The lowest BCUT2D eigenvalue weighted by molar-refractivity contribution is -0.155. The number of hydrogen-bond donors (Lipinski definition) is 3. The molecule has 4 atom stereocenters. The van der Waals surface area contributed by atoms with Crippen LogP contribution in [0.25, 0.3) is 0 Å². The summed E-state index contributed by atoms with van der Waals surface area (Å²) in [6, 6.07) is 28.2. The lowest BCUT2D eigenvalue weighted by atomic mass is 9.94. The number of aliphatic hydroxyl groups is 1. The molecule has 0 aliphatic carbocycles. The Morgan fingerprint density at radius 2 is 1.39 bits per heavy atom. The van der Waals surface area contributed by atoms with E-state index in [1.54, 1.807) is 12.2 Å². The average molecular weight is 597 g/mol. The van der Waals surface area contributed by atoms with Crippen molar-refractivity contribution in [3.05, 3.63) is 133 Å². The number of allylic oxidation sites excluding steroid dienone is 2. The van der Waals surface area contributed by atoms with Gasteiger partial charge in [0.2, 0.25) is 11.8 Å². The highest BCUT2D eigenvalue weighted by Crippen LogP contribution is 2.23. The molecule has 2 amide bonds. The minimum absolute atomic E-state index is 0.0522. The van der Waals surface area contributed by atoms with E-state index in [1.165, 1.54) is 0 Å². The van der Waals surface area contributed by atoms with Gasteiger partial charge < -0.3 is 20.5 Å². The fourth-order valence-corrected chi connectivity index (χ4v) is 5.04. The third-order valence-corrected chi connectivity index (χ3v) is 7.43. The quantitative estimate of drug-likeness (QED) is 0.125. The fourth-order valence-electron chi connectivity index (χ4n) is 5.04. The van der Waals surface area contributed by atoms with Gasteiger partial charge in [0.15, 0.2) is 0 Å². The maximum atomic E-state index is 13.5. The molecule has 232 valence electrons. The molecule has 7 heteroatoms. The molecule has 3 aromatic carbocycles. The molecule has 0 saturated heterocycles. The van der Waals surface area contributed by atoms with E-state index in [4.69, 9.17) is 4.74 Å². The standard InChI is InChI=1S/C37H44N2O5/c1-3-5-20-32(23-28-16-9-6-10-17-28)37(43)44-34(30-21-13-8-14-22-30)26-38-36(42)31(15-4-2)25-35(41)39-33(27-40)24-29-18-11-7-12-19-29/h3-4,6-14,16-19,21-22,31-34,40H,1-2,5,15,20,23-27H2,(H,38,42)(H,39,41)/t31-,32-,33+,34+/m1/s1. The summed E-state index contributed by atoms with van der Waals surface area (Å²) in [7, 11) is 0. The van der Waals surface area contributed by atoms with Gasteiger partial charge in [-0.1, -0.05) is 103 Å². The first-order valence-electron chi connectivity index (χ1n) is 15.2. The predicted octanol–water partition coefficient (Wildman–Crippen LogP) is 5.51. The lowest BCUT2D eigenvalue weighted by Crippen LogP contribution is -2.42. The van der Waals surface area contributed by atoms with E-state index in [-0.39, 0.29) is 49.7 Å². The second-order valence-electron chi connectivity index (χ2n) is 10.9. The van der Waals surface area contributed by atoms with Crippen molar-refractivity contribution in [1.82, 2.24) is 10.6 Å². The molecule has 0 aromatic heterocycles. The largest absolute Gasteiger partial charge is 0.455 e. The monoisotopic (exact) mass is 596 g/mol. The van der Waals surface area contributed by atoms with Crippen molar-refractivity contribution >= 4 is 17.8 Å². The first-order valence-corrected chi connectivity index (χ1v) is 15.2. The van der Waals surface area contributed by atoms with E-state index >= 15 is 0 Å². The number of ether oxygens (including phenoxy) is 1. The van der Waals surface area contributed by atoms with E-state index in [2.05, 4.69) is 23.8 Å². The average Bonchev–Trinajstić information content (AvgIpc) is 3.05. The first kappa shape index (κ1) is 34.0. The number of amides is 2. The Hall–Kier alpha value is -4.49. The topological polar surface area (TPSA) is 105 Å². The van der Waals surface area contributed by atoms with Crippen LogP contribution in [0.5, 0.6) is 0 Å². The van der Waals surface area contributed by atoms with Gasteiger partial charge in [0.1, 0.15) is 6.10 Å². The maximum Gasteiger partial charge on any atom is 0.309 e. The summed E-state index contributed by atoms with van der Waals surface area (Å²) in [5.74, 6) is -2.06. The molecule has 3 aromatic rings. The third-order valence-electron chi connectivity index (χ3n) is 7.43. The molecule has 0 unspecified atom stereocenters. The van der Waals surface area contributed by atoms with Crippen molar-refractivity contribution in [2.24, 2.45) is 11.8 Å². The summed E-state index contributed by atoms with van der Waals surface area (Å²) in [4.78, 5) is 39.7. The Morgan fingerprint density at radius 3 is 1.95 bits per heavy atom. The molecule has 3 rings (SSSR count). The van der Waals surface area contributed by atoms with Crippen molar-refractivity contribution < 1.29 is 24.2 Å². The van der Waals surface area contributed by atoms with Crippen LogP contribution in [-0.2, 0) is 32.0 Å². The van der Waals surface area contributed by atoms with Crippen LogP contribution < -0.4 is 10.6 Å². The Bertz CT molecular complexity index is 1310. The van der Waals surface area contributed by atoms with Crippen LogP contribution in [0.3, 0.4) is 0 Å². The number of carbonyl (C=O) groups is 3. The van der Waals surface area contributed by atoms with E-state index < -0.39 is 18.1 Å². The number of nitrogens with one attached hydrogen (secondary N) is 2. The maximum absolute atomic E-state index is 13.5. The molecule has 0 saturated carbocycles. The van der Waals surface area contributed by atoms with Crippen LogP contribution >= 0.6 is 0 Å². The van der Waals surface area contributed by atoms with Crippen LogP contribution in [-0.4, -0.2) is 42.1 Å². The molecule has 0 spiro atoms. The van der Waals surface area contributed by atoms with Gasteiger partial charge in [-0.2, -0.15) is 0 Å². The summed E-state index contributed by atoms with van der Waals surface area (Å²) in [6.07, 6.45) is 5.19. The third kappa shape index (κ3) is 11.7. The van der Waals surface area contributed by atoms with Gasteiger partial charge in [-0.3, -0.25) is 14.4 Å². The Kier molecular flexibility index (Phi) is 14.6. The second kappa shape index (κ2) is 18.9. The molecular weight excluding hydrogens is 552 g/mol. The fraction of sp³-hybridized carbons (Fsp3) is 0.324. The molecule has 3 N–H and O–H groups in total. The van der Waals surface area contributed by atoms with Crippen molar-refractivity contribution in [2.45, 2.75) is 50.7 Å². The summed E-state index contributed by atoms with van der Waals surface area (Å²) in [5.41, 5.74) is 2.79. The SMILES string of the molecule is C=CCC[C@H](Cc1ccccc1)C(=O)O[C@@H](CNC(=O)[C@H](CC=C)CC(=O)N[C@H](CO)Cc1ccccc1)c1ccccc1.